The van der Waals surface area contributed by atoms with E-state index >= 15 is 0 Å². The summed E-state index contributed by atoms with van der Waals surface area (Å²) in [4.78, 5) is 13.0. The second-order valence-corrected chi connectivity index (χ2v) is 7.06. The standard InChI is InChI=1S/C23H31NO/c1-3-19(2)22(25)23(24,21-16-10-5-11-17-21)18-12-6-9-15-20-13-7-4-8-14-20/h4-5,7-8,10-11,13-14,16-17,19H,3,6,9,12,15,18,24H2,1-2H3. The molecule has 0 spiro atoms. The summed E-state index contributed by atoms with van der Waals surface area (Å²) in [5, 5.41) is 0. The van der Waals surface area contributed by atoms with Crippen LogP contribution in [0.15, 0.2) is 60.7 Å². The van der Waals surface area contributed by atoms with Crippen LogP contribution in [0.1, 0.15) is 57.1 Å². The van der Waals surface area contributed by atoms with Gasteiger partial charge in [0.25, 0.3) is 0 Å². The lowest BCUT2D eigenvalue weighted by atomic mass is 9.77. The van der Waals surface area contributed by atoms with Crippen LogP contribution in [0.2, 0.25) is 0 Å². The molecule has 2 N–H and O–H groups in total. The van der Waals surface area contributed by atoms with Gasteiger partial charge in [-0.25, -0.2) is 0 Å². The molecule has 0 amide bonds. The van der Waals surface area contributed by atoms with E-state index in [-0.39, 0.29) is 11.7 Å². The van der Waals surface area contributed by atoms with E-state index in [1.54, 1.807) is 0 Å². The van der Waals surface area contributed by atoms with Crippen LogP contribution in [0, 0.1) is 5.92 Å². The summed E-state index contributed by atoms with van der Waals surface area (Å²) in [6.45, 7) is 4.04. The highest BCUT2D eigenvalue weighted by Crippen LogP contribution is 2.29. The van der Waals surface area contributed by atoms with Gasteiger partial charge in [-0.15, -0.1) is 0 Å². The maximum atomic E-state index is 13.0. The molecule has 0 aliphatic rings. The van der Waals surface area contributed by atoms with Crippen LogP contribution < -0.4 is 5.73 Å². The normalized spacial score (nSPS) is 14.7. The molecule has 0 fully saturated rings. The topological polar surface area (TPSA) is 43.1 Å². The number of benzene rings is 2. The number of hydrogen-bond donors (Lipinski definition) is 1. The van der Waals surface area contributed by atoms with Gasteiger partial charge in [0.1, 0.15) is 5.54 Å². The van der Waals surface area contributed by atoms with E-state index in [1.807, 2.05) is 50.2 Å². The highest BCUT2D eigenvalue weighted by molar-refractivity contribution is 5.91. The quantitative estimate of drug-likeness (QED) is 0.601. The fourth-order valence-corrected chi connectivity index (χ4v) is 3.32. The predicted octanol–water partition coefficient (Wildman–Crippen LogP) is 5.26. The molecule has 0 saturated heterocycles. The molecule has 2 heteroatoms. The molecule has 0 heterocycles. The molecule has 2 rings (SSSR count). The van der Waals surface area contributed by atoms with Crippen LogP contribution in [0.5, 0.6) is 0 Å². The Bertz CT molecular complexity index is 638. The summed E-state index contributed by atoms with van der Waals surface area (Å²) >= 11 is 0. The van der Waals surface area contributed by atoms with E-state index < -0.39 is 5.54 Å². The summed E-state index contributed by atoms with van der Waals surface area (Å²) in [6.07, 6.45) is 5.83. The SMILES string of the molecule is CCC(C)C(=O)C(N)(CCCCCc1ccccc1)c1ccccc1. The molecular weight excluding hydrogens is 306 g/mol. The van der Waals surface area contributed by atoms with Gasteiger partial charge in [-0.05, 0) is 36.8 Å². The first-order valence-corrected chi connectivity index (χ1v) is 9.50. The summed E-state index contributed by atoms with van der Waals surface area (Å²) in [7, 11) is 0. The van der Waals surface area contributed by atoms with E-state index in [4.69, 9.17) is 5.73 Å². The van der Waals surface area contributed by atoms with Crippen molar-refractivity contribution < 1.29 is 4.79 Å². The molecule has 134 valence electrons. The monoisotopic (exact) mass is 337 g/mol. The van der Waals surface area contributed by atoms with Crippen molar-refractivity contribution in [3.8, 4) is 0 Å². The maximum Gasteiger partial charge on any atom is 0.159 e. The van der Waals surface area contributed by atoms with Crippen molar-refractivity contribution in [2.45, 2.75) is 57.9 Å². The lowest BCUT2D eigenvalue weighted by molar-refractivity contribution is -0.128. The van der Waals surface area contributed by atoms with E-state index in [2.05, 4.69) is 24.3 Å². The van der Waals surface area contributed by atoms with Gasteiger partial charge in [-0.2, -0.15) is 0 Å². The van der Waals surface area contributed by atoms with Crippen LogP contribution in [-0.2, 0) is 16.8 Å². The third kappa shape index (κ3) is 5.27. The third-order valence-electron chi connectivity index (χ3n) is 5.17. The van der Waals surface area contributed by atoms with E-state index in [1.165, 1.54) is 5.56 Å². The molecule has 0 radical (unpaired) electrons. The van der Waals surface area contributed by atoms with Gasteiger partial charge in [0.05, 0.1) is 0 Å². The number of nitrogens with two attached hydrogens (primary N) is 1. The smallest absolute Gasteiger partial charge is 0.159 e. The Kier molecular flexibility index (Phi) is 7.39. The predicted molar refractivity (Wildman–Crippen MR) is 105 cm³/mol. The van der Waals surface area contributed by atoms with Gasteiger partial charge in [-0.1, -0.05) is 87.4 Å². The number of ketones is 1. The molecule has 2 unspecified atom stereocenters. The van der Waals surface area contributed by atoms with Crippen LogP contribution >= 0.6 is 0 Å². The first kappa shape index (κ1) is 19.4. The van der Waals surface area contributed by atoms with Gasteiger partial charge in [-0.3, -0.25) is 4.79 Å². The third-order valence-corrected chi connectivity index (χ3v) is 5.17. The van der Waals surface area contributed by atoms with Crippen molar-refractivity contribution >= 4 is 5.78 Å². The fourth-order valence-electron chi connectivity index (χ4n) is 3.32. The zero-order valence-corrected chi connectivity index (χ0v) is 15.6. The summed E-state index contributed by atoms with van der Waals surface area (Å²) in [6, 6.07) is 20.4. The van der Waals surface area contributed by atoms with Crippen molar-refractivity contribution in [2.75, 3.05) is 0 Å². The van der Waals surface area contributed by atoms with E-state index in [0.29, 0.717) is 0 Å². The minimum atomic E-state index is -0.858. The molecule has 25 heavy (non-hydrogen) atoms. The van der Waals surface area contributed by atoms with Crippen molar-refractivity contribution in [3.05, 3.63) is 71.8 Å². The minimum Gasteiger partial charge on any atom is -0.315 e. The van der Waals surface area contributed by atoms with Crippen LogP contribution in [-0.4, -0.2) is 5.78 Å². The average molecular weight is 338 g/mol. The summed E-state index contributed by atoms with van der Waals surface area (Å²) in [5.41, 5.74) is 8.15. The number of Topliss-reactive ketones (excluding diaryl/α,β-unsaturated/α-hetero) is 1. The molecule has 2 aromatic carbocycles. The van der Waals surface area contributed by atoms with Gasteiger partial charge < -0.3 is 5.73 Å². The zero-order chi connectivity index (χ0) is 18.1. The lowest BCUT2D eigenvalue weighted by Crippen LogP contribution is -2.47. The van der Waals surface area contributed by atoms with Crippen LogP contribution in [0.3, 0.4) is 0 Å². The molecule has 2 aromatic rings. The van der Waals surface area contributed by atoms with Crippen molar-refractivity contribution in [2.24, 2.45) is 11.7 Å². The lowest BCUT2D eigenvalue weighted by Gasteiger charge is -2.31. The molecule has 2 nitrogen and oxygen atoms in total. The molecule has 2 atom stereocenters. The average Bonchev–Trinajstić information content (AvgIpc) is 2.67. The highest BCUT2D eigenvalue weighted by atomic mass is 16.1. The highest BCUT2D eigenvalue weighted by Gasteiger charge is 2.37. The molecule has 0 aliphatic heterocycles. The minimum absolute atomic E-state index is 0.00507. The number of hydrogen-bond acceptors (Lipinski definition) is 2. The van der Waals surface area contributed by atoms with Gasteiger partial charge >= 0.3 is 0 Å². The first-order valence-electron chi connectivity index (χ1n) is 9.50. The maximum absolute atomic E-state index is 13.0. The van der Waals surface area contributed by atoms with Crippen LogP contribution in [0.4, 0.5) is 0 Å². The van der Waals surface area contributed by atoms with E-state index in [0.717, 1.165) is 44.1 Å². The zero-order valence-electron chi connectivity index (χ0n) is 15.6. The Balaban J connectivity index is 1.96. The Labute approximate surface area is 152 Å². The fraction of sp³-hybridized carbons (Fsp3) is 0.435. The molecule has 0 aliphatic carbocycles. The van der Waals surface area contributed by atoms with Gasteiger partial charge in [0, 0.05) is 5.92 Å². The van der Waals surface area contributed by atoms with Crippen molar-refractivity contribution in [1.82, 2.24) is 0 Å². The second kappa shape index (κ2) is 9.53. The summed E-state index contributed by atoms with van der Waals surface area (Å²) in [5.74, 6) is 0.166. The number of carbonyl (C=O) groups excluding carboxylic acids is 1. The Morgan fingerprint density at radius 2 is 1.56 bits per heavy atom. The molecule has 0 bridgehead atoms. The van der Waals surface area contributed by atoms with E-state index in [9.17, 15) is 4.79 Å². The largest absolute Gasteiger partial charge is 0.315 e. The molecular formula is C23H31NO. The number of unbranched alkanes of at least 4 members (excludes halogenated alkanes) is 2. The Morgan fingerprint density at radius 3 is 2.16 bits per heavy atom. The van der Waals surface area contributed by atoms with Gasteiger partial charge in [0.15, 0.2) is 5.78 Å². The Hall–Kier alpha value is -1.93. The van der Waals surface area contributed by atoms with Crippen molar-refractivity contribution in [1.29, 1.82) is 0 Å². The number of rotatable bonds is 10. The molecule has 0 saturated carbocycles. The summed E-state index contributed by atoms with van der Waals surface area (Å²) < 4.78 is 0. The van der Waals surface area contributed by atoms with Crippen LogP contribution in [0.25, 0.3) is 0 Å². The number of aryl methyl sites for hydroxylation is 1. The van der Waals surface area contributed by atoms with Crippen molar-refractivity contribution in [3.63, 3.8) is 0 Å². The van der Waals surface area contributed by atoms with Gasteiger partial charge in [0.2, 0.25) is 0 Å². The molecule has 0 aromatic heterocycles. The Morgan fingerprint density at radius 1 is 0.960 bits per heavy atom. The second-order valence-electron chi connectivity index (χ2n) is 7.06. The number of carbonyl (C=O) groups is 1. The first-order chi connectivity index (χ1) is 12.1.